The summed E-state index contributed by atoms with van der Waals surface area (Å²) in [5, 5.41) is 2.00. The summed E-state index contributed by atoms with van der Waals surface area (Å²) in [7, 11) is 1.86. The average Bonchev–Trinajstić information content (AvgIpc) is 2.33. The monoisotopic (exact) mass is 142 g/mol. The third-order valence-electron chi connectivity index (χ3n) is 2.01. The van der Waals surface area contributed by atoms with E-state index in [9.17, 15) is 4.79 Å². The molecule has 58 valence electrons. The Hall–Kier alpha value is -0.410. The number of nitrogens with one attached hydrogen (secondary N) is 1. The van der Waals surface area contributed by atoms with Crippen LogP contribution in [0.4, 0.5) is 0 Å². The quantitative estimate of drug-likeness (QED) is 0.596. The predicted molar refractivity (Wildman–Crippen MR) is 39.5 cm³/mol. The molecular weight excluding hydrogens is 128 g/mol. The molecule has 1 aliphatic rings. The normalized spacial score (nSPS) is 27.2. The molecule has 0 radical (unpaired) electrons. The molecule has 1 saturated heterocycles. The van der Waals surface area contributed by atoms with Gasteiger partial charge in [-0.2, -0.15) is 0 Å². The average molecular weight is 142 g/mol. The predicted octanol–water partition coefficient (Wildman–Crippen LogP) is 0.174. The molecule has 1 aliphatic heterocycles. The van der Waals surface area contributed by atoms with Gasteiger partial charge in [0.1, 0.15) is 5.78 Å². The number of ketones is 1. The summed E-state index contributed by atoms with van der Waals surface area (Å²) in [6, 6.07) is 0.130. The van der Waals surface area contributed by atoms with Crippen LogP contribution in [-0.4, -0.2) is 30.4 Å². The van der Waals surface area contributed by atoms with Gasteiger partial charge in [0.2, 0.25) is 0 Å². The Kier molecular flexibility index (Phi) is 2.40. The Bertz CT molecular complexity index is 136. The van der Waals surface area contributed by atoms with Crippen LogP contribution in [-0.2, 0) is 4.79 Å². The fourth-order valence-electron chi connectivity index (χ4n) is 1.46. The molecule has 1 fully saturated rings. The number of hydrogen-bond donors (Lipinski definition) is 1. The Balaban J connectivity index is 2.50. The van der Waals surface area contributed by atoms with Gasteiger partial charge >= 0.3 is 0 Å². The second-order valence-corrected chi connectivity index (χ2v) is 2.69. The standard InChI is InChI=1S/C7H14N2O/c1-6(10)7-4-3-5-9(7)8-2/h7-8H,3-5H2,1-2H3. The maximum Gasteiger partial charge on any atom is 0.148 e. The molecule has 0 bridgehead atoms. The fraction of sp³-hybridized carbons (Fsp3) is 0.857. The second-order valence-electron chi connectivity index (χ2n) is 2.69. The van der Waals surface area contributed by atoms with E-state index in [0.717, 1.165) is 19.4 Å². The maximum atomic E-state index is 10.9. The lowest BCUT2D eigenvalue weighted by Crippen LogP contribution is -2.42. The minimum Gasteiger partial charge on any atom is -0.298 e. The molecule has 0 aromatic carbocycles. The lowest BCUT2D eigenvalue weighted by atomic mass is 10.2. The molecule has 1 unspecified atom stereocenters. The van der Waals surface area contributed by atoms with Crippen LogP contribution in [0.2, 0.25) is 0 Å². The summed E-state index contributed by atoms with van der Waals surface area (Å²) < 4.78 is 0. The van der Waals surface area contributed by atoms with Crippen molar-refractivity contribution in [3.63, 3.8) is 0 Å². The van der Waals surface area contributed by atoms with Gasteiger partial charge in [-0.3, -0.25) is 10.2 Å². The Labute approximate surface area is 61.4 Å². The van der Waals surface area contributed by atoms with Gasteiger partial charge in [-0.15, -0.1) is 0 Å². The summed E-state index contributed by atoms with van der Waals surface area (Å²) >= 11 is 0. The molecule has 1 N–H and O–H groups in total. The van der Waals surface area contributed by atoms with E-state index in [1.807, 2.05) is 12.1 Å². The van der Waals surface area contributed by atoms with Crippen LogP contribution in [0.1, 0.15) is 19.8 Å². The van der Waals surface area contributed by atoms with E-state index in [2.05, 4.69) is 5.43 Å². The first-order valence-electron chi connectivity index (χ1n) is 3.70. The number of hydrazine groups is 1. The van der Waals surface area contributed by atoms with Crippen molar-refractivity contribution >= 4 is 5.78 Å². The molecule has 0 aromatic rings. The Morgan fingerprint density at radius 2 is 2.40 bits per heavy atom. The van der Waals surface area contributed by atoms with Crippen LogP contribution in [0, 0.1) is 0 Å². The molecule has 10 heavy (non-hydrogen) atoms. The first-order valence-corrected chi connectivity index (χ1v) is 3.70. The fourth-order valence-corrected chi connectivity index (χ4v) is 1.46. The minimum atomic E-state index is 0.130. The van der Waals surface area contributed by atoms with Crippen LogP contribution in [0.5, 0.6) is 0 Å². The van der Waals surface area contributed by atoms with E-state index in [-0.39, 0.29) is 11.8 Å². The van der Waals surface area contributed by atoms with E-state index in [4.69, 9.17) is 0 Å². The highest BCUT2D eigenvalue weighted by atomic mass is 16.1. The molecule has 3 nitrogen and oxygen atoms in total. The zero-order valence-electron chi connectivity index (χ0n) is 6.55. The summed E-state index contributed by atoms with van der Waals surface area (Å²) in [6.45, 7) is 2.65. The molecule has 1 rings (SSSR count). The number of Topliss-reactive ketones (excluding diaryl/α,β-unsaturated/α-hetero) is 1. The first-order chi connectivity index (χ1) is 4.75. The van der Waals surface area contributed by atoms with Gasteiger partial charge in [0.05, 0.1) is 6.04 Å². The van der Waals surface area contributed by atoms with E-state index in [1.54, 1.807) is 6.92 Å². The molecule has 0 spiro atoms. The molecule has 0 amide bonds. The molecule has 1 heterocycles. The van der Waals surface area contributed by atoms with Crippen molar-refractivity contribution < 1.29 is 4.79 Å². The highest BCUT2D eigenvalue weighted by Crippen LogP contribution is 2.14. The number of carbonyl (C=O) groups is 1. The van der Waals surface area contributed by atoms with Crippen LogP contribution < -0.4 is 5.43 Å². The van der Waals surface area contributed by atoms with Crippen LogP contribution in [0.15, 0.2) is 0 Å². The van der Waals surface area contributed by atoms with Gasteiger partial charge < -0.3 is 0 Å². The smallest absolute Gasteiger partial charge is 0.148 e. The van der Waals surface area contributed by atoms with Crippen molar-refractivity contribution in [3.05, 3.63) is 0 Å². The van der Waals surface area contributed by atoms with Crippen molar-refractivity contribution in [2.24, 2.45) is 0 Å². The third kappa shape index (κ3) is 1.36. The molecule has 3 heteroatoms. The van der Waals surface area contributed by atoms with Crippen molar-refractivity contribution in [1.29, 1.82) is 0 Å². The largest absolute Gasteiger partial charge is 0.298 e. The van der Waals surface area contributed by atoms with Gasteiger partial charge in [-0.25, -0.2) is 5.01 Å². The van der Waals surface area contributed by atoms with Gasteiger partial charge in [0.25, 0.3) is 0 Å². The first kappa shape index (κ1) is 7.69. The van der Waals surface area contributed by atoms with E-state index in [0.29, 0.717) is 0 Å². The number of nitrogens with zero attached hydrogens (tertiary/aromatic N) is 1. The lowest BCUT2D eigenvalue weighted by Gasteiger charge is -2.20. The zero-order valence-corrected chi connectivity index (χ0v) is 6.55. The summed E-state index contributed by atoms with van der Waals surface area (Å²) in [5.41, 5.74) is 3.01. The van der Waals surface area contributed by atoms with Gasteiger partial charge in [-0.05, 0) is 26.8 Å². The van der Waals surface area contributed by atoms with Crippen LogP contribution in [0.3, 0.4) is 0 Å². The second kappa shape index (κ2) is 3.12. The van der Waals surface area contributed by atoms with Gasteiger partial charge in [0.15, 0.2) is 0 Å². The number of carbonyl (C=O) groups excluding carboxylic acids is 1. The van der Waals surface area contributed by atoms with Crippen LogP contribution >= 0.6 is 0 Å². The molecule has 0 aliphatic carbocycles. The van der Waals surface area contributed by atoms with Crippen molar-refractivity contribution in [1.82, 2.24) is 10.4 Å². The van der Waals surface area contributed by atoms with Gasteiger partial charge in [-0.1, -0.05) is 0 Å². The van der Waals surface area contributed by atoms with Crippen molar-refractivity contribution in [2.45, 2.75) is 25.8 Å². The zero-order chi connectivity index (χ0) is 7.56. The summed E-state index contributed by atoms with van der Waals surface area (Å²) in [6.07, 6.45) is 2.14. The molecule has 0 aromatic heterocycles. The van der Waals surface area contributed by atoms with Crippen LogP contribution in [0.25, 0.3) is 0 Å². The van der Waals surface area contributed by atoms with E-state index in [1.165, 1.54) is 0 Å². The highest BCUT2D eigenvalue weighted by molar-refractivity contribution is 5.81. The minimum absolute atomic E-state index is 0.130. The number of rotatable bonds is 2. The Morgan fingerprint density at radius 1 is 1.70 bits per heavy atom. The molecule has 0 saturated carbocycles. The molecular formula is C7H14N2O. The Morgan fingerprint density at radius 3 is 2.80 bits per heavy atom. The van der Waals surface area contributed by atoms with E-state index < -0.39 is 0 Å². The number of hydrogen-bond acceptors (Lipinski definition) is 3. The topological polar surface area (TPSA) is 32.3 Å². The molecule has 1 atom stereocenters. The maximum absolute atomic E-state index is 10.9. The SMILES string of the molecule is CNN1CCCC1C(C)=O. The van der Waals surface area contributed by atoms with Gasteiger partial charge in [0, 0.05) is 6.54 Å². The third-order valence-corrected chi connectivity index (χ3v) is 2.01. The lowest BCUT2D eigenvalue weighted by molar-refractivity contribution is -0.122. The highest BCUT2D eigenvalue weighted by Gasteiger charge is 2.26. The van der Waals surface area contributed by atoms with Crippen molar-refractivity contribution in [2.75, 3.05) is 13.6 Å². The summed E-state index contributed by atoms with van der Waals surface area (Å²) in [5.74, 6) is 0.270. The van der Waals surface area contributed by atoms with E-state index >= 15 is 0 Å². The summed E-state index contributed by atoms with van der Waals surface area (Å²) in [4.78, 5) is 10.9. The van der Waals surface area contributed by atoms with Crippen molar-refractivity contribution in [3.8, 4) is 0 Å².